The normalized spacial score (nSPS) is 25.9. The summed E-state index contributed by atoms with van der Waals surface area (Å²) in [6.45, 7) is 2.91. The Morgan fingerprint density at radius 3 is 2.87 bits per heavy atom. The van der Waals surface area contributed by atoms with Crippen LogP contribution in [-0.4, -0.2) is 45.5 Å². The van der Waals surface area contributed by atoms with E-state index in [0.717, 1.165) is 29.9 Å². The fraction of sp³-hybridized carbons (Fsp3) is 0.706. The van der Waals surface area contributed by atoms with Gasteiger partial charge in [-0.05, 0) is 26.2 Å². The fourth-order valence-corrected chi connectivity index (χ4v) is 4.77. The molecule has 1 spiro atoms. The molecule has 2 aliphatic rings. The predicted molar refractivity (Wildman–Crippen MR) is 89.4 cm³/mol. The fourth-order valence-electron chi connectivity index (χ4n) is 4.77. The van der Waals surface area contributed by atoms with E-state index in [1.54, 1.807) is 6.33 Å². The van der Waals surface area contributed by atoms with Crippen molar-refractivity contribution < 1.29 is 4.74 Å². The lowest BCUT2D eigenvalue weighted by molar-refractivity contribution is -0.121. The van der Waals surface area contributed by atoms with E-state index < -0.39 is 0 Å². The summed E-state index contributed by atoms with van der Waals surface area (Å²) in [6, 6.07) is 0.500. The molecule has 6 heteroatoms. The van der Waals surface area contributed by atoms with Crippen LogP contribution in [0.15, 0.2) is 12.5 Å². The molecule has 2 saturated carbocycles. The Morgan fingerprint density at radius 1 is 1.35 bits per heavy atom. The standard InChI is InChI=1S/C17H25N5O/c1-4-23-14-9-13(17(14)7-5-6-8-17)21(2)15-12-10-20-22(3)16(12)19-11-18-15/h10-11,13-14H,4-9H2,1-3H3/t13-,14+/m0/s1. The van der Waals surface area contributed by atoms with Crippen molar-refractivity contribution in [1.82, 2.24) is 19.7 Å². The molecule has 23 heavy (non-hydrogen) atoms. The molecule has 0 amide bonds. The molecule has 0 saturated heterocycles. The minimum atomic E-state index is 0.310. The number of hydrogen-bond acceptors (Lipinski definition) is 5. The van der Waals surface area contributed by atoms with Crippen LogP contribution < -0.4 is 4.90 Å². The third-order valence-electron chi connectivity index (χ3n) is 5.95. The number of rotatable bonds is 4. The van der Waals surface area contributed by atoms with E-state index in [1.807, 2.05) is 17.9 Å². The largest absolute Gasteiger partial charge is 0.378 e. The Morgan fingerprint density at radius 2 is 2.13 bits per heavy atom. The van der Waals surface area contributed by atoms with E-state index in [1.165, 1.54) is 25.7 Å². The van der Waals surface area contributed by atoms with Crippen LogP contribution in [0.2, 0.25) is 0 Å². The monoisotopic (exact) mass is 315 g/mol. The first kappa shape index (κ1) is 14.9. The second kappa shape index (κ2) is 5.44. The molecule has 2 fully saturated rings. The van der Waals surface area contributed by atoms with Crippen LogP contribution >= 0.6 is 0 Å². The van der Waals surface area contributed by atoms with Crippen LogP contribution in [0.1, 0.15) is 39.0 Å². The first-order chi connectivity index (χ1) is 11.2. The van der Waals surface area contributed by atoms with Gasteiger partial charge in [0.15, 0.2) is 5.65 Å². The second-order valence-electron chi connectivity index (χ2n) is 6.95. The van der Waals surface area contributed by atoms with Crippen molar-refractivity contribution in [3.05, 3.63) is 12.5 Å². The third-order valence-corrected chi connectivity index (χ3v) is 5.95. The third kappa shape index (κ3) is 2.07. The van der Waals surface area contributed by atoms with E-state index in [2.05, 4.69) is 33.9 Å². The topological polar surface area (TPSA) is 56.1 Å². The Kier molecular flexibility index (Phi) is 3.52. The van der Waals surface area contributed by atoms with Gasteiger partial charge in [0.25, 0.3) is 0 Å². The quantitative estimate of drug-likeness (QED) is 0.868. The van der Waals surface area contributed by atoms with E-state index in [4.69, 9.17) is 4.74 Å². The molecular weight excluding hydrogens is 290 g/mol. The van der Waals surface area contributed by atoms with Crippen molar-refractivity contribution >= 4 is 16.9 Å². The summed E-state index contributed by atoms with van der Waals surface area (Å²) in [5.74, 6) is 0.995. The van der Waals surface area contributed by atoms with Gasteiger partial charge in [0.05, 0.1) is 17.7 Å². The number of anilines is 1. The maximum atomic E-state index is 6.05. The van der Waals surface area contributed by atoms with Crippen LogP contribution in [0.5, 0.6) is 0 Å². The molecule has 0 N–H and O–H groups in total. The maximum absolute atomic E-state index is 6.05. The summed E-state index contributed by atoms with van der Waals surface area (Å²) >= 11 is 0. The molecule has 0 bridgehead atoms. The highest BCUT2D eigenvalue weighted by molar-refractivity contribution is 5.86. The smallest absolute Gasteiger partial charge is 0.163 e. The number of hydrogen-bond donors (Lipinski definition) is 0. The number of aryl methyl sites for hydroxylation is 1. The van der Waals surface area contributed by atoms with Gasteiger partial charge in [-0.1, -0.05) is 12.8 Å². The molecule has 2 atom stereocenters. The summed E-state index contributed by atoms with van der Waals surface area (Å²) in [4.78, 5) is 11.3. The predicted octanol–water partition coefficient (Wildman–Crippen LogP) is 2.54. The molecule has 0 radical (unpaired) electrons. The zero-order chi connectivity index (χ0) is 16.0. The Labute approximate surface area is 136 Å². The van der Waals surface area contributed by atoms with Gasteiger partial charge in [-0.3, -0.25) is 4.68 Å². The summed E-state index contributed by atoms with van der Waals surface area (Å²) in [7, 11) is 4.09. The van der Waals surface area contributed by atoms with Crippen molar-refractivity contribution in [3.8, 4) is 0 Å². The number of ether oxygens (including phenoxy) is 1. The zero-order valence-corrected chi connectivity index (χ0v) is 14.2. The number of nitrogens with zero attached hydrogens (tertiary/aromatic N) is 5. The molecule has 2 aromatic rings. The van der Waals surface area contributed by atoms with Gasteiger partial charge in [-0.25, -0.2) is 9.97 Å². The van der Waals surface area contributed by atoms with E-state index >= 15 is 0 Å². The van der Waals surface area contributed by atoms with Crippen molar-refractivity contribution in [1.29, 1.82) is 0 Å². The van der Waals surface area contributed by atoms with E-state index in [-0.39, 0.29) is 0 Å². The molecule has 0 aliphatic heterocycles. The van der Waals surface area contributed by atoms with Crippen molar-refractivity contribution in [3.63, 3.8) is 0 Å². The number of fused-ring (bicyclic) bond motifs is 1. The van der Waals surface area contributed by atoms with Gasteiger partial charge < -0.3 is 9.64 Å². The zero-order valence-electron chi connectivity index (χ0n) is 14.2. The van der Waals surface area contributed by atoms with Gasteiger partial charge in [-0.15, -0.1) is 0 Å². The minimum absolute atomic E-state index is 0.310. The maximum Gasteiger partial charge on any atom is 0.163 e. The van der Waals surface area contributed by atoms with Crippen molar-refractivity contribution in [2.45, 2.75) is 51.2 Å². The van der Waals surface area contributed by atoms with Crippen LogP contribution in [0.3, 0.4) is 0 Å². The van der Waals surface area contributed by atoms with Gasteiger partial charge >= 0.3 is 0 Å². The van der Waals surface area contributed by atoms with Gasteiger partial charge in [0, 0.05) is 32.2 Å². The molecule has 4 rings (SSSR count). The van der Waals surface area contributed by atoms with Crippen LogP contribution in [0.25, 0.3) is 11.0 Å². The molecule has 6 nitrogen and oxygen atoms in total. The van der Waals surface area contributed by atoms with Gasteiger partial charge in [-0.2, -0.15) is 5.10 Å². The van der Waals surface area contributed by atoms with Gasteiger partial charge in [0.2, 0.25) is 0 Å². The average Bonchev–Trinajstić information content (AvgIpc) is 3.20. The van der Waals surface area contributed by atoms with Crippen molar-refractivity contribution in [2.24, 2.45) is 12.5 Å². The Balaban J connectivity index is 1.67. The van der Waals surface area contributed by atoms with Crippen molar-refractivity contribution in [2.75, 3.05) is 18.6 Å². The summed E-state index contributed by atoms with van der Waals surface area (Å²) in [6.07, 6.45) is 10.2. The minimum Gasteiger partial charge on any atom is -0.378 e. The second-order valence-corrected chi connectivity index (χ2v) is 6.95. The highest BCUT2D eigenvalue weighted by Gasteiger charge is 2.58. The summed E-state index contributed by atoms with van der Waals surface area (Å²) in [5.41, 5.74) is 1.20. The molecule has 2 heterocycles. The van der Waals surface area contributed by atoms with Gasteiger partial charge in [0.1, 0.15) is 12.1 Å². The average molecular weight is 315 g/mol. The highest BCUT2D eigenvalue weighted by Crippen LogP contribution is 2.57. The SMILES string of the molecule is CCO[C@@H]1C[C@H](N(C)c2ncnc3c2cnn3C)C12CCCC2. The molecule has 2 aromatic heterocycles. The lowest BCUT2D eigenvalue weighted by Crippen LogP contribution is -2.63. The Bertz CT molecular complexity index is 706. The molecular formula is C17H25N5O. The summed E-state index contributed by atoms with van der Waals surface area (Å²) < 4.78 is 7.86. The van der Waals surface area contributed by atoms with Crippen LogP contribution in [0, 0.1) is 5.41 Å². The summed E-state index contributed by atoms with van der Waals surface area (Å²) in [5, 5.41) is 5.37. The molecule has 0 unspecified atom stereocenters. The first-order valence-electron chi connectivity index (χ1n) is 8.64. The lowest BCUT2D eigenvalue weighted by atomic mass is 9.60. The molecule has 2 aliphatic carbocycles. The van der Waals surface area contributed by atoms with E-state index in [0.29, 0.717) is 17.6 Å². The van der Waals surface area contributed by atoms with Crippen LogP contribution in [0.4, 0.5) is 5.82 Å². The Hall–Kier alpha value is -1.69. The molecule has 0 aromatic carbocycles. The highest BCUT2D eigenvalue weighted by atomic mass is 16.5. The first-order valence-corrected chi connectivity index (χ1v) is 8.64. The van der Waals surface area contributed by atoms with E-state index in [9.17, 15) is 0 Å². The number of aromatic nitrogens is 4. The molecule has 124 valence electrons. The van der Waals surface area contributed by atoms with Crippen LogP contribution in [-0.2, 0) is 11.8 Å². The lowest BCUT2D eigenvalue weighted by Gasteiger charge is -2.57.